The molecule has 45 heavy (non-hydrogen) atoms. The molecular formula is C30H27F4N5O6. The number of alkyl halides is 3. The Morgan fingerprint density at radius 3 is 2.76 bits per heavy atom. The molecule has 7 rings (SSSR count). The average Bonchev–Trinajstić information content (AvgIpc) is 3.33. The summed E-state index contributed by atoms with van der Waals surface area (Å²) in [5, 5.41) is 17.1. The van der Waals surface area contributed by atoms with Crippen LogP contribution in [-0.2, 0) is 37.7 Å². The minimum Gasteiger partial charge on any atom is -0.458 e. The summed E-state index contributed by atoms with van der Waals surface area (Å²) in [6.07, 6.45) is -7.13. The van der Waals surface area contributed by atoms with Gasteiger partial charge in [0, 0.05) is 22.4 Å². The Morgan fingerprint density at radius 1 is 1.31 bits per heavy atom. The van der Waals surface area contributed by atoms with E-state index in [0.29, 0.717) is 34.9 Å². The van der Waals surface area contributed by atoms with E-state index in [9.17, 15) is 32.7 Å². The molecule has 0 bridgehead atoms. The molecule has 3 aliphatic rings. The highest BCUT2D eigenvalue weighted by molar-refractivity contribution is 6.08. The number of rotatable bonds is 6. The van der Waals surface area contributed by atoms with Crippen molar-refractivity contribution in [3.05, 3.63) is 61.5 Å². The van der Waals surface area contributed by atoms with E-state index in [-0.39, 0.29) is 44.8 Å². The van der Waals surface area contributed by atoms with Gasteiger partial charge in [-0.05, 0) is 48.9 Å². The molecule has 3 aromatic heterocycles. The first-order chi connectivity index (χ1) is 21.3. The second kappa shape index (κ2) is 9.83. The lowest BCUT2D eigenvalue weighted by Crippen LogP contribution is -2.49. The highest BCUT2D eigenvalue weighted by Crippen LogP contribution is 2.45. The van der Waals surface area contributed by atoms with Gasteiger partial charge in [0.05, 0.1) is 45.7 Å². The van der Waals surface area contributed by atoms with Gasteiger partial charge in [0.2, 0.25) is 5.91 Å². The van der Waals surface area contributed by atoms with Gasteiger partial charge >= 0.3 is 12.1 Å². The SMILES string of the molecule is CC[C@@]1(O)C(=O)OCc2c1cc1c3nc4cc(F)c(C)c5c4c4c3c(n1c2=O)=C(C(OCNC(=O)CN)C(F)(F)F)N[C@H]4CC5. The molecule has 4 aromatic rings. The van der Waals surface area contributed by atoms with E-state index in [1.165, 1.54) is 19.1 Å². The Morgan fingerprint density at radius 2 is 2.07 bits per heavy atom. The summed E-state index contributed by atoms with van der Waals surface area (Å²) < 4.78 is 70.8. The minimum atomic E-state index is -5.01. The van der Waals surface area contributed by atoms with E-state index < -0.39 is 72.8 Å². The predicted molar refractivity (Wildman–Crippen MR) is 151 cm³/mol. The molecule has 1 unspecified atom stereocenters. The summed E-state index contributed by atoms with van der Waals surface area (Å²) in [6, 6.07) is 1.94. The van der Waals surface area contributed by atoms with Crippen LogP contribution in [0.1, 0.15) is 53.6 Å². The largest absolute Gasteiger partial charge is 0.458 e. The van der Waals surface area contributed by atoms with Crippen LogP contribution in [0.3, 0.4) is 0 Å². The lowest BCUT2D eigenvalue weighted by atomic mass is 9.81. The Bertz CT molecular complexity index is 2110. The average molecular weight is 630 g/mol. The van der Waals surface area contributed by atoms with Crippen molar-refractivity contribution in [1.29, 1.82) is 0 Å². The monoisotopic (exact) mass is 629 g/mol. The predicted octanol–water partition coefficient (Wildman–Crippen LogP) is 1.50. The summed E-state index contributed by atoms with van der Waals surface area (Å²) in [5.41, 5.74) is 3.65. The van der Waals surface area contributed by atoms with Gasteiger partial charge in [0.1, 0.15) is 19.2 Å². The van der Waals surface area contributed by atoms with E-state index >= 15 is 4.39 Å². The first kappa shape index (κ1) is 29.4. The van der Waals surface area contributed by atoms with Crippen molar-refractivity contribution < 1.29 is 41.7 Å². The third-order valence-electron chi connectivity index (χ3n) is 9.17. The van der Waals surface area contributed by atoms with Crippen LogP contribution in [0.2, 0.25) is 0 Å². The van der Waals surface area contributed by atoms with Crippen molar-refractivity contribution in [2.75, 3.05) is 13.3 Å². The summed E-state index contributed by atoms with van der Waals surface area (Å²) in [6.45, 7) is 1.36. The van der Waals surface area contributed by atoms with E-state index in [1.807, 2.05) is 0 Å². The molecule has 1 aliphatic carbocycles. The maximum absolute atomic E-state index is 15.1. The van der Waals surface area contributed by atoms with E-state index in [2.05, 4.69) is 10.6 Å². The van der Waals surface area contributed by atoms with E-state index in [0.717, 1.165) is 4.40 Å². The summed E-state index contributed by atoms with van der Waals surface area (Å²) in [4.78, 5) is 43.3. The Balaban J connectivity index is 1.67. The number of nitrogens with two attached hydrogens (primary N) is 1. The van der Waals surface area contributed by atoms with Crippen LogP contribution in [0.5, 0.6) is 0 Å². The van der Waals surface area contributed by atoms with Gasteiger partial charge in [-0.15, -0.1) is 0 Å². The molecule has 11 nitrogen and oxygen atoms in total. The normalized spacial score (nSPS) is 21.3. The maximum Gasteiger partial charge on any atom is 0.420 e. The third-order valence-corrected chi connectivity index (χ3v) is 9.17. The number of carbonyl (C=O) groups is 2. The number of hydrogen-bond donors (Lipinski definition) is 4. The molecule has 5 N–H and O–H groups in total. The van der Waals surface area contributed by atoms with Crippen LogP contribution < -0.4 is 27.3 Å². The van der Waals surface area contributed by atoms with Crippen LogP contribution in [0.15, 0.2) is 16.9 Å². The van der Waals surface area contributed by atoms with Crippen LogP contribution in [0.25, 0.3) is 33.0 Å². The molecular weight excluding hydrogens is 602 g/mol. The number of hydrogen-bond acceptors (Lipinski definition) is 9. The van der Waals surface area contributed by atoms with E-state index in [1.54, 1.807) is 6.92 Å². The fourth-order valence-electron chi connectivity index (χ4n) is 6.96. The number of nitrogens with one attached hydrogen (secondary N) is 2. The maximum atomic E-state index is 15.1. The molecule has 1 aromatic carbocycles. The van der Waals surface area contributed by atoms with Gasteiger partial charge in [0.25, 0.3) is 5.56 Å². The highest BCUT2D eigenvalue weighted by atomic mass is 19.4. The first-order valence-corrected chi connectivity index (χ1v) is 14.3. The van der Waals surface area contributed by atoms with E-state index in [4.69, 9.17) is 20.2 Å². The Labute approximate surface area is 251 Å². The molecule has 3 atom stereocenters. The number of aliphatic hydroxyl groups is 1. The summed E-state index contributed by atoms with van der Waals surface area (Å²) in [5.74, 6) is -2.19. The zero-order valence-corrected chi connectivity index (χ0v) is 24.0. The lowest BCUT2D eigenvalue weighted by molar-refractivity contribution is -0.203. The molecule has 0 saturated heterocycles. The molecule has 0 fully saturated rings. The number of ether oxygens (including phenoxy) is 2. The number of amides is 1. The fourth-order valence-corrected chi connectivity index (χ4v) is 6.96. The smallest absolute Gasteiger partial charge is 0.420 e. The number of aryl methyl sites for hydroxylation is 1. The van der Waals surface area contributed by atoms with Gasteiger partial charge in [-0.3, -0.25) is 14.0 Å². The topological polar surface area (TPSA) is 157 Å². The molecule has 236 valence electrons. The van der Waals surface area contributed by atoms with Crippen molar-refractivity contribution in [2.24, 2.45) is 5.73 Å². The number of aromatic nitrogens is 2. The number of pyridine rings is 2. The highest BCUT2D eigenvalue weighted by Gasteiger charge is 2.48. The summed E-state index contributed by atoms with van der Waals surface area (Å²) >= 11 is 0. The van der Waals surface area contributed by atoms with Crippen LogP contribution in [0, 0.1) is 12.7 Å². The molecule has 0 saturated carbocycles. The first-order valence-electron chi connectivity index (χ1n) is 14.3. The quantitative estimate of drug-likeness (QED) is 0.141. The Kier molecular flexibility index (Phi) is 6.42. The number of halogens is 4. The second-order valence-electron chi connectivity index (χ2n) is 11.5. The Hall–Kier alpha value is -4.34. The van der Waals surface area contributed by atoms with Crippen LogP contribution in [-0.4, -0.2) is 51.9 Å². The van der Waals surface area contributed by atoms with Gasteiger partial charge in [-0.1, -0.05) is 6.92 Å². The molecule has 5 heterocycles. The van der Waals surface area contributed by atoms with Crippen molar-refractivity contribution in [3.8, 4) is 0 Å². The number of carbonyl (C=O) groups excluding carboxylic acids is 2. The number of nitrogens with zero attached hydrogens (tertiary/aromatic N) is 2. The van der Waals surface area contributed by atoms with Crippen molar-refractivity contribution >= 4 is 44.9 Å². The molecule has 1 amide bonds. The molecule has 15 heteroatoms. The number of esters is 1. The fraction of sp³-hybridized carbons (Fsp3) is 0.400. The molecule has 2 aliphatic heterocycles. The van der Waals surface area contributed by atoms with Crippen molar-refractivity contribution in [1.82, 2.24) is 20.0 Å². The number of cyclic esters (lactones) is 1. The second-order valence-corrected chi connectivity index (χ2v) is 11.5. The number of benzene rings is 1. The third kappa shape index (κ3) is 3.99. The minimum absolute atomic E-state index is 0.0221. The van der Waals surface area contributed by atoms with Gasteiger partial charge in [-0.25, -0.2) is 14.2 Å². The zero-order valence-electron chi connectivity index (χ0n) is 24.0. The van der Waals surface area contributed by atoms with Crippen molar-refractivity contribution in [2.45, 2.75) is 63.6 Å². The standard InChI is InChI=1S/C30H27F4N5O6/c1-3-29(43)14-6-18-23-22-21-16(5-4-12-11(2)15(31)7-17(38-23)20(12)21)37-24(26(30(32,33)34)45-10-36-19(40)8-35)25(22)39(18)27(41)13(14)9-44-28(29)42/h6-7,16,26,37,43H,3-5,8-10,35H2,1-2H3,(H,36,40)/t16-,26?,29-/m0/s1. The van der Waals surface area contributed by atoms with Gasteiger partial charge < -0.3 is 30.9 Å². The van der Waals surface area contributed by atoms with Gasteiger partial charge in [-0.2, -0.15) is 13.2 Å². The lowest BCUT2D eigenvalue weighted by Gasteiger charge is -2.35. The molecule has 0 radical (unpaired) electrons. The number of fused-ring (bicyclic) bond motifs is 4. The summed E-state index contributed by atoms with van der Waals surface area (Å²) in [7, 11) is 0. The van der Waals surface area contributed by atoms with Crippen molar-refractivity contribution in [3.63, 3.8) is 0 Å². The van der Waals surface area contributed by atoms with Crippen LogP contribution in [0.4, 0.5) is 17.6 Å². The zero-order chi connectivity index (χ0) is 32.2. The molecule has 0 spiro atoms. The van der Waals surface area contributed by atoms with Crippen LogP contribution >= 0.6 is 0 Å². The van der Waals surface area contributed by atoms with Gasteiger partial charge in [0.15, 0.2) is 11.7 Å².